The number of oxazole rings is 1. The lowest BCUT2D eigenvalue weighted by Gasteiger charge is -2.23. The van der Waals surface area contributed by atoms with Crippen molar-refractivity contribution >= 4 is 0 Å². The smallest absolute Gasteiger partial charge is 0.390 e. The predicted octanol–water partition coefficient (Wildman–Crippen LogP) is 4.33. The van der Waals surface area contributed by atoms with E-state index in [0.717, 1.165) is 0 Å². The van der Waals surface area contributed by atoms with Gasteiger partial charge >= 0.3 is 6.18 Å². The van der Waals surface area contributed by atoms with Crippen LogP contribution in [-0.2, 0) is 0 Å². The summed E-state index contributed by atoms with van der Waals surface area (Å²) in [6.07, 6.45) is -3.64. The minimum atomic E-state index is -4.25. The molecule has 3 nitrogen and oxygen atoms in total. The van der Waals surface area contributed by atoms with E-state index in [4.69, 9.17) is 4.42 Å². The Hall–Kier alpha value is -1.82. The first-order valence-electron chi connectivity index (χ1n) is 6.65. The first-order valence-corrected chi connectivity index (χ1v) is 6.65. The molecule has 0 saturated carbocycles. The summed E-state index contributed by atoms with van der Waals surface area (Å²) in [6, 6.07) is 7.32. The Morgan fingerprint density at radius 1 is 1.24 bits per heavy atom. The molecule has 0 aliphatic heterocycles. The van der Waals surface area contributed by atoms with E-state index in [1.54, 1.807) is 50.4 Å². The third kappa shape index (κ3) is 4.60. The molecule has 0 radical (unpaired) electrons. The number of aromatic nitrogens is 1. The number of rotatable bonds is 5. The highest BCUT2D eigenvalue weighted by Gasteiger charge is 2.33. The van der Waals surface area contributed by atoms with Crippen LogP contribution in [0.5, 0.6) is 0 Å². The summed E-state index contributed by atoms with van der Waals surface area (Å²) in [7, 11) is 0. The molecule has 21 heavy (non-hydrogen) atoms. The highest BCUT2D eigenvalue weighted by molar-refractivity contribution is 5.19. The SMILES string of the molecule is Cc1cnc(C(C)NC(CC(F)(F)F)c2ccccc2)o1. The first-order chi connectivity index (χ1) is 9.85. The van der Waals surface area contributed by atoms with Gasteiger partial charge in [-0.25, -0.2) is 4.98 Å². The summed E-state index contributed by atoms with van der Waals surface area (Å²) >= 11 is 0. The Kier molecular flexibility index (Phi) is 4.67. The zero-order valence-electron chi connectivity index (χ0n) is 11.8. The van der Waals surface area contributed by atoms with Crippen molar-refractivity contribution in [2.75, 3.05) is 0 Å². The minimum Gasteiger partial charge on any atom is -0.444 e. The Morgan fingerprint density at radius 2 is 1.90 bits per heavy atom. The molecule has 1 aromatic carbocycles. The number of hydrogen-bond acceptors (Lipinski definition) is 3. The normalized spacial score (nSPS) is 14.9. The highest BCUT2D eigenvalue weighted by atomic mass is 19.4. The maximum atomic E-state index is 12.8. The van der Waals surface area contributed by atoms with Gasteiger partial charge < -0.3 is 4.42 Å². The molecule has 0 saturated heterocycles. The molecule has 2 aromatic rings. The van der Waals surface area contributed by atoms with Crippen molar-refractivity contribution in [1.82, 2.24) is 10.3 Å². The van der Waals surface area contributed by atoms with Crippen LogP contribution in [0, 0.1) is 6.92 Å². The van der Waals surface area contributed by atoms with Crippen molar-refractivity contribution in [3.8, 4) is 0 Å². The molecule has 0 fully saturated rings. The van der Waals surface area contributed by atoms with Gasteiger partial charge in [0.05, 0.1) is 18.7 Å². The molecule has 0 spiro atoms. The molecule has 0 aliphatic rings. The Bertz CT molecular complexity index is 566. The average Bonchev–Trinajstić information content (AvgIpc) is 2.84. The van der Waals surface area contributed by atoms with Crippen LogP contribution in [0.2, 0.25) is 0 Å². The Labute approximate surface area is 121 Å². The van der Waals surface area contributed by atoms with Gasteiger partial charge in [-0.2, -0.15) is 13.2 Å². The summed E-state index contributed by atoms with van der Waals surface area (Å²) in [5.41, 5.74) is 0.588. The minimum absolute atomic E-state index is 0.385. The van der Waals surface area contributed by atoms with Crippen molar-refractivity contribution in [3.63, 3.8) is 0 Å². The molecule has 0 bridgehead atoms. The highest BCUT2D eigenvalue weighted by Crippen LogP contribution is 2.31. The largest absolute Gasteiger partial charge is 0.444 e. The van der Waals surface area contributed by atoms with Crippen molar-refractivity contribution in [3.05, 3.63) is 53.7 Å². The van der Waals surface area contributed by atoms with Crippen LogP contribution < -0.4 is 5.32 Å². The summed E-state index contributed by atoms with van der Waals surface area (Å²) < 4.78 is 43.7. The van der Waals surface area contributed by atoms with E-state index in [1.165, 1.54) is 0 Å². The molecule has 6 heteroatoms. The second-order valence-corrected chi connectivity index (χ2v) is 4.98. The number of aryl methyl sites for hydroxylation is 1. The van der Waals surface area contributed by atoms with Crippen molar-refractivity contribution < 1.29 is 17.6 Å². The summed E-state index contributed by atoms with van der Waals surface area (Å²) in [4.78, 5) is 4.05. The van der Waals surface area contributed by atoms with Gasteiger partial charge in [0.1, 0.15) is 5.76 Å². The van der Waals surface area contributed by atoms with Gasteiger partial charge in [0, 0.05) is 6.04 Å². The van der Waals surface area contributed by atoms with Crippen LogP contribution in [0.3, 0.4) is 0 Å². The number of halogens is 3. The average molecular weight is 298 g/mol. The second kappa shape index (κ2) is 6.30. The van der Waals surface area contributed by atoms with Gasteiger partial charge in [-0.15, -0.1) is 0 Å². The molecule has 1 N–H and O–H groups in total. The topological polar surface area (TPSA) is 38.1 Å². The zero-order chi connectivity index (χ0) is 15.5. The summed E-state index contributed by atoms with van der Waals surface area (Å²) in [5.74, 6) is 1.02. The van der Waals surface area contributed by atoms with Crippen LogP contribution in [0.4, 0.5) is 13.2 Å². The molecule has 1 heterocycles. The Morgan fingerprint density at radius 3 is 2.43 bits per heavy atom. The zero-order valence-corrected chi connectivity index (χ0v) is 11.8. The number of nitrogens with zero attached hydrogens (tertiary/aromatic N) is 1. The second-order valence-electron chi connectivity index (χ2n) is 4.98. The number of alkyl halides is 3. The van der Waals surface area contributed by atoms with E-state index < -0.39 is 24.7 Å². The molecule has 114 valence electrons. The van der Waals surface area contributed by atoms with E-state index in [-0.39, 0.29) is 0 Å². The fourth-order valence-corrected chi connectivity index (χ4v) is 2.14. The fraction of sp³-hybridized carbons (Fsp3) is 0.400. The Balaban J connectivity index is 2.16. The summed E-state index contributed by atoms with van der Waals surface area (Å²) in [5, 5.41) is 2.94. The molecule has 0 aliphatic carbocycles. The van der Waals surface area contributed by atoms with Crippen LogP contribution >= 0.6 is 0 Å². The van der Waals surface area contributed by atoms with Crippen LogP contribution in [0.15, 0.2) is 40.9 Å². The number of nitrogens with one attached hydrogen (secondary N) is 1. The van der Waals surface area contributed by atoms with Crippen molar-refractivity contribution in [2.24, 2.45) is 0 Å². The van der Waals surface area contributed by atoms with Gasteiger partial charge in [-0.05, 0) is 19.4 Å². The quantitative estimate of drug-likeness (QED) is 0.893. The van der Waals surface area contributed by atoms with Gasteiger partial charge in [-0.3, -0.25) is 5.32 Å². The lowest BCUT2D eigenvalue weighted by Crippen LogP contribution is -2.29. The lowest BCUT2D eigenvalue weighted by atomic mass is 10.0. The van der Waals surface area contributed by atoms with E-state index >= 15 is 0 Å². The van der Waals surface area contributed by atoms with Gasteiger partial charge in [0.25, 0.3) is 0 Å². The molecule has 0 amide bonds. The molecule has 2 rings (SSSR count). The number of hydrogen-bond donors (Lipinski definition) is 1. The van der Waals surface area contributed by atoms with E-state index in [0.29, 0.717) is 17.2 Å². The van der Waals surface area contributed by atoms with Crippen molar-refractivity contribution in [1.29, 1.82) is 0 Å². The molecule has 2 atom stereocenters. The predicted molar refractivity (Wildman–Crippen MR) is 72.6 cm³/mol. The standard InChI is InChI=1S/C15H17F3N2O/c1-10-9-19-14(21-10)11(2)20-13(8-15(16,17)18)12-6-4-3-5-7-12/h3-7,9,11,13,20H,8H2,1-2H3. The maximum Gasteiger partial charge on any atom is 0.390 e. The number of benzene rings is 1. The van der Waals surface area contributed by atoms with Gasteiger partial charge in [0.15, 0.2) is 0 Å². The van der Waals surface area contributed by atoms with Gasteiger partial charge in [-0.1, -0.05) is 30.3 Å². The molecule has 2 unspecified atom stereocenters. The van der Waals surface area contributed by atoms with Crippen molar-refractivity contribution in [2.45, 2.75) is 38.5 Å². The molecule has 1 aromatic heterocycles. The fourth-order valence-electron chi connectivity index (χ4n) is 2.14. The van der Waals surface area contributed by atoms with E-state index in [9.17, 15) is 13.2 Å². The monoisotopic (exact) mass is 298 g/mol. The lowest BCUT2D eigenvalue weighted by molar-refractivity contribution is -0.141. The maximum absolute atomic E-state index is 12.8. The van der Waals surface area contributed by atoms with Crippen LogP contribution in [0.25, 0.3) is 0 Å². The molecular formula is C15H17F3N2O. The summed E-state index contributed by atoms with van der Waals surface area (Å²) in [6.45, 7) is 3.48. The first kappa shape index (κ1) is 15.6. The van der Waals surface area contributed by atoms with Crippen LogP contribution in [0.1, 0.15) is 42.6 Å². The van der Waals surface area contributed by atoms with Crippen LogP contribution in [-0.4, -0.2) is 11.2 Å². The van der Waals surface area contributed by atoms with E-state index in [1.807, 2.05) is 0 Å². The van der Waals surface area contributed by atoms with Gasteiger partial charge in [0.2, 0.25) is 5.89 Å². The van der Waals surface area contributed by atoms with E-state index in [2.05, 4.69) is 10.3 Å². The molecular weight excluding hydrogens is 281 g/mol. The third-order valence-corrected chi connectivity index (χ3v) is 3.10. The third-order valence-electron chi connectivity index (χ3n) is 3.10.